The molecular weight excluding hydrogens is 210 g/mol. The van der Waals surface area contributed by atoms with Crippen molar-refractivity contribution < 1.29 is 4.79 Å². The highest BCUT2D eigenvalue weighted by molar-refractivity contribution is 5.85. The van der Waals surface area contributed by atoms with Crippen LogP contribution in [0.5, 0.6) is 0 Å². The minimum atomic E-state index is -0.418. The van der Waals surface area contributed by atoms with Gasteiger partial charge in [0.15, 0.2) is 0 Å². The van der Waals surface area contributed by atoms with E-state index in [4.69, 9.17) is 5.73 Å². The number of allylic oxidation sites excluding steroid dienone is 6. The van der Waals surface area contributed by atoms with Crippen molar-refractivity contribution in [3.05, 3.63) is 49.1 Å². The van der Waals surface area contributed by atoms with Gasteiger partial charge in [0.2, 0.25) is 5.91 Å². The van der Waals surface area contributed by atoms with Gasteiger partial charge in [0.25, 0.3) is 0 Å². The number of amides is 1. The largest absolute Gasteiger partial charge is 0.366 e. The molecule has 0 saturated heterocycles. The molecule has 17 heavy (non-hydrogen) atoms. The first kappa shape index (κ1) is 15.4. The molecule has 0 atom stereocenters. The summed E-state index contributed by atoms with van der Waals surface area (Å²) in [5, 5.41) is 0. The first-order chi connectivity index (χ1) is 8.27. The molecule has 0 aliphatic heterocycles. The molecule has 0 unspecified atom stereocenters. The number of carbonyl (C=O) groups is 1. The van der Waals surface area contributed by atoms with Crippen LogP contribution in [0, 0.1) is 0 Å². The summed E-state index contributed by atoms with van der Waals surface area (Å²) in [7, 11) is 0. The molecule has 0 spiro atoms. The lowest BCUT2D eigenvalue weighted by molar-refractivity contribution is -0.113. The minimum absolute atomic E-state index is 0.418. The molecule has 0 aliphatic rings. The fourth-order valence-electron chi connectivity index (χ4n) is 1.36. The molecule has 0 aromatic carbocycles. The molecule has 0 radical (unpaired) electrons. The van der Waals surface area contributed by atoms with Gasteiger partial charge >= 0.3 is 0 Å². The van der Waals surface area contributed by atoms with Gasteiger partial charge in [-0.3, -0.25) is 4.79 Å². The number of rotatable bonds is 10. The topological polar surface area (TPSA) is 43.1 Å². The normalized spacial score (nSPS) is 11.8. The third-order valence-electron chi connectivity index (χ3n) is 2.26. The summed E-state index contributed by atoms with van der Waals surface area (Å²) < 4.78 is 0. The summed E-state index contributed by atoms with van der Waals surface area (Å²) >= 11 is 0. The van der Waals surface area contributed by atoms with E-state index in [1.165, 1.54) is 31.8 Å². The van der Waals surface area contributed by atoms with Crippen LogP contribution in [0.1, 0.15) is 38.5 Å². The maximum Gasteiger partial charge on any atom is 0.241 e. The van der Waals surface area contributed by atoms with E-state index < -0.39 is 5.91 Å². The summed E-state index contributed by atoms with van der Waals surface area (Å²) in [5.74, 6) is -0.418. The highest BCUT2D eigenvalue weighted by atomic mass is 16.1. The summed E-state index contributed by atoms with van der Waals surface area (Å²) in [6.07, 6.45) is 20.1. The van der Waals surface area contributed by atoms with Gasteiger partial charge in [-0.1, -0.05) is 49.3 Å². The first-order valence-electron chi connectivity index (χ1n) is 6.17. The van der Waals surface area contributed by atoms with Crippen LogP contribution in [0.2, 0.25) is 0 Å². The van der Waals surface area contributed by atoms with Crippen LogP contribution in [0.4, 0.5) is 0 Å². The number of hydrogen-bond acceptors (Lipinski definition) is 1. The number of primary amides is 1. The second kappa shape index (κ2) is 12.5. The Morgan fingerprint density at radius 2 is 1.59 bits per heavy atom. The van der Waals surface area contributed by atoms with E-state index in [1.54, 1.807) is 12.2 Å². The summed E-state index contributed by atoms with van der Waals surface area (Å²) in [5.41, 5.74) is 4.94. The highest BCUT2D eigenvalue weighted by Gasteiger charge is 1.86. The van der Waals surface area contributed by atoms with Gasteiger partial charge in [0.05, 0.1) is 0 Å². The lowest BCUT2D eigenvalue weighted by Crippen LogP contribution is -2.04. The van der Waals surface area contributed by atoms with E-state index in [9.17, 15) is 4.79 Å². The van der Waals surface area contributed by atoms with Crippen molar-refractivity contribution in [1.29, 1.82) is 0 Å². The van der Waals surface area contributed by atoms with Crippen molar-refractivity contribution >= 4 is 5.91 Å². The molecule has 0 aliphatic carbocycles. The van der Waals surface area contributed by atoms with Gasteiger partial charge in [0, 0.05) is 6.08 Å². The maximum absolute atomic E-state index is 10.4. The quantitative estimate of drug-likeness (QED) is 0.266. The molecule has 0 saturated carbocycles. The molecule has 0 bridgehead atoms. The number of hydrogen-bond donors (Lipinski definition) is 1. The van der Waals surface area contributed by atoms with Crippen LogP contribution in [-0.4, -0.2) is 5.91 Å². The fourth-order valence-corrected chi connectivity index (χ4v) is 1.36. The SMILES string of the molecule is C=CCCCCCCC=CC=CC=CC(N)=O. The molecule has 94 valence electrons. The van der Waals surface area contributed by atoms with Crippen LogP contribution < -0.4 is 5.73 Å². The lowest BCUT2D eigenvalue weighted by Gasteiger charge is -1.95. The molecule has 2 nitrogen and oxygen atoms in total. The molecule has 0 heterocycles. The monoisotopic (exact) mass is 233 g/mol. The zero-order valence-electron chi connectivity index (χ0n) is 10.5. The summed E-state index contributed by atoms with van der Waals surface area (Å²) in [4.78, 5) is 10.4. The molecule has 2 N–H and O–H groups in total. The summed E-state index contributed by atoms with van der Waals surface area (Å²) in [6, 6.07) is 0. The lowest BCUT2D eigenvalue weighted by atomic mass is 10.1. The van der Waals surface area contributed by atoms with Crippen molar-refractivity contribution in [2.45, 2.75) is 38.5 Å². The van der Waals surface area contributed by atoms with Crippen LogP contribution in [0.3, 0.4) is 0 Å². The van der Waals surface area contributed by atoms with Crippen LogP contribution >= 0.6 is 0 Å². The van der Waals surface area contributed by atoms with Gasteiger partial charge in [-0.15, -0.1) is 6.58 Å². The maximum atomic E-state index is 10.4. The minimum Gasteiger partial charge on any atom is -0.366 e. The molecule has 0 rings (SSSR count). The molecular formula is C15H23NO. The van der Waals surface area contributed by atoms with Gasteiger partial charge in [-0.05, 0) is 25.7 Å². The molecule has 0 aromatic heterocycles. The Bertz CT molecular complexity index is 287. The van der Waals surface area contributed by atoms with Gasteiger partial charge in [-0.25, -0.2) is 0 Å². The standard InChI is InChI=1S/C15H23NO/c1-2-3-4-5-6-7-8-9-10-11-12-13-14-15(16)17/h2,9-14H,1,3-8H2,(H2,16,17). The first-order valence-corrected chi connectivity index (χ1v) is 6.17. The van der Waals surface area contributed by atoms with E-state index in [0.717, 1.165) is 12.8 Å². The van der Waals surface area contributed by atoms with Crippen molar-refractivity contribution in [3.63, 3.8) is 0 Å². The van der Waals surface area contributed by atoms with Gasteiger partial charge < -0.3 is 5.73 Å². The predicted octanol–water partition coefficient (Wildman–Crippen LogP) is 3.67. The van der Waals surface area contributed by atoms with Crippen molar-refractivity contribution in [2.24, 2.45) is 5.73 Å². The van der Waals surface area contributed by atoms with Crippen LogP contribution in [0.15, 0.2) is 49.1 Å². The Morgan fingerprint density at radius 3 is 2.24 bits per heavy atom. The molecule has 0 aromatic rings. The Balaban J connectivity index is 3.36. The van der Waals surface area contributed by atoms with Gasteiger partial charge in [0.1, 0.15) is 0 Å². The van der Waals surface area contributed by atoms with Crippen molar-refractivity contribution in [1.82, 2.24) is 0 Å². The third-order valence-corrected chi connectivity index (χ3v) is 2.26. The van der Waals surface area contributed by atoms with E-state index in [-0.39, 0.29) is 0 Å². The van der Waals surface area contributed by atoms with Crippen molar-refractivity contribution in [3.8, 4) is 0 Å². The highest BCUT2D eigenvalue weighted by Crippen LogP contribution is 2.05. The van der Waals surface area contributed by atoms with E-state index >= 15 is 0 Å². The second-order valence-electron chi connectivity index (χ2n) is 3.85. The molecule has 0 fully saturated rings. The smallest absolute Gasteiger partial charge is 0.241 e. The van der Waals surface area contributed by atoms with Gasteiger partial charge in [-0.2, -0.15) is 0 Å². The third kappa shape index (κ3) is 14.4. The Morgan fingerprint density at radius 1 is 0.941 bits per heavy atom. The Labute approximate surface area is 105 Å². The Hall–Kier alpha value is -1.57. The van der Waals surface area contributed by atoms with E-state index in [0.29, 0.717) is 0 Å². The van der Waals surface area contributed by atoms with E-state index in [1.807, 2.05) is 18.2 Å². The number of nitrogens with two attached hydrogens (primary N) is 1. The fraction of sp³-hybridized carbons (Fsp3) is 0.400. The Kier molecular flexibility index (Phi) is 11.3. The predicted molar refractivity (Wildman–Crippen MR) is 74.5 cm³/mol. The second-order valence-corrected chi connectivity index (χ2v) is 3.85. The zero-order valence-corrected chi connectivity index (χ0v) is 10.5. The van der Waals surface area contributed by atoms with Crippen LogP contribution in [-0.2, 0) is 4.79 Å². The number of carbonyl (C=O) groups excluding carboxylic acids is 1. The molecule has 1 amide bonds. The average molecular weight is 233 g/mol. The zero-order chi connectivity index (χ0) is 12.8. The van der Waals surface area contributed by atoms with E-state index in [2.05, 4.69) is 12.7 Å². The molecule has 2 heteroatoms. The average Bonchev–Trinajstić information content (AvgIpc) is 2.30. The summed E-state index contributed by atoms with van der Waals surface area (Å²) in [6.45, 7) is 3.70. The van der Waals surface area contributed by atoms with Crippen LogP contribution in [0.25, 0.3) is 0 Å². The van der Waals surface area contributed by atoms with Crippen molar-refractivity contribution in [2.75, 3.05) is 0 Å². The number of unbranched alkanes of at least 4 members (excludes halogenated alkanes) is 5.